The van der Waals surface area contributed by atoms with Crippen LogP contribution in [0.1, 0.15) is 43.3 Å². The van der Waals surface area contributed by atoms with Crippen LogP contribution in [0, 0.1) is 18.8 Å². The van der Waals surface area contributed by atoms with Gasteiger partial charge in [0.05, 0.1) is 10.7 Å². The molecule has 0 saturated heterocycles. The number of nitrogens with zero attached hydrogens (tertiary/aromatic N) is 1. The Kier molecular flexibility index (Phi) is 4.99. The molecular formula is C14H24N2S. The second-order valence-corrected chi connectivity index (χ2v) is 6.24. The first-order chi connectivity index (χ1) is 8.29. The van der Waals surface area contributed by atoms with Gasteiger partial charge in [-0.25, -0.2) is 4.98 Å². The number of thiazole rings is 1. The molecule has 0 radical (unpaired) electrons. The molecular weight excluding hydrogens is 228 g/mol. The molecule has 1 saturated carbocycles. The molecule has 2 atom stereocenters. The summed E-state index contributed by atoms with van der Waals surface area (Å²) in [5, 5.41) is 6.97. The molecule has 1 aliphatic carbocycles. The predicted molar refractivity (Wildman–Crippen MR) is 74.5 cm³/mol. The van der Waals surface area contributed by atoms with E-state index in [1.807, 2.05) is 0 Å². The van der Waals surface area contributed by atoms with Crippen molar-refractivity contribution in [1.82, 2.24) is 10.3 Å². The average molecular weight is 252 g/mol. The van der Waals surface area contributed by atoms with Gasteiger partial charge >= 0.3 is 0 Å². The SMILES string of the molecule is CCNCC1CCCCC1Cc1csc(C)n1. The van der Waals surface area contributed by atoms with Gasteiger partial charge in [-0.1, -0.05) is 19.8 Å². The van der Waals surface area contributed by atoms with Crippen molar-refractivity contribution in [3.63, 3.8) is 0 Å². The second kappa shape index (κ2) is 6.50. The highest BCUT2D eigenvalue weighted by Crippen LogP contribution is 2.32. The minimum absolute atomic E-state index is 0.851. The van der Waals surface area contributed by atoms with E-state index in [4.69, 9.17) is 0 Å². The van der Waals surface area contributed by atoms with E-state index in [9.17, 15) is 0 Å². The first kappa shape index (κ1) is 13.0. The van der Waals surface area contributed by atoms with E-state index in [2.05, 4.69) is 29.5 Å². The monoisotopic (exact) mass is 252 g/mol. The molecule has 3 heteroatoms. The Morgan fingerprint density at radius 3 is 2.76 bits per heavy atom. The van der Waals surface area contributed by atoms with Crippen LogP contribution in [0.5, 0.6) is 0 Å². The van der Waals surface area contributed by atoms with Crippen LogP contribution in [0.2, 0.25) is 0 Å². The zero-order valence-electron chi connectivity index (χ0n) is 11.0. The second-order valence-electron chi connectivity index (χ2n) is 5.17. The molecule has 0 aromatic carbocycles. The number of aryl methyl sites for hydroxylation is 1. The number of rotatable bonds is 5. The first-order valence-corrected chi connectivity index (χ1v) is 7.79. The quantitative estimate of drug-likeness (QED) is 0.868. The zero-order chi connectivity index (χ0) is 12.1. The molecule has 1 aromatic rings. The maximum Gasteiger partial charge on any atom is 0.0897 e. The molecule has 1 fully saturated rings. The van der Waals surface area contributed by atoms with Crippen molar-refractivity contribution >= 4 is 11.3 Å². The van der Waals surface area contributed by atoms with Crippen molar-refractivity contribution in [2.24, 2.45) is 11.8 Å². The molecule has 1 N–H and O–H groups in total. The number of hydrogen-bond acceptors (Lipinski definition) is 3. The van der Waals surface area contributed by atoms with Crippen LogP contribution in [0.25, 0.3) is 0 Å². The summed E-state index contributed by atoms with van der Waals surface area (Å²) in [5.41, 5.74) is 1.32. The summed E-state index contributed by atoms with van der Waals surface area (Å²) in [4.78, 5) is 4.62. The van der Waals surface area contributed by atoms with E-state index in [-0.39, 0.29) is 0 Å². The van der Waals surface area contributed by atoms with Crippen molar-refractivity contribution in [1.29, 1.82) is 0 Å². The third-order valence-corrected chi connectivity index (χ3v) is 4.68. The van der Waals surface area contributed by atoms with Crippen molar-refractivity contribution in [2.45, 2.75) is 46.0 Å². The van der Waals surface area contributed by atoms with E-state index < -0.39 is 0 Å². The Morgan fingerprint density at radius 1 is 1.35 bits per heavy atom. The first-order valence-electron chi connectivity index (χ1n) is 6.91. The minimum Gasteiger partial charge on any atom is -0.317 e. The summed E-state index contributed by atoms with van der Waals surface area (Å²) < 4.78 is 0. The van der Waals surface area contributed by atoms with Crippen molar-refractivity contribution < 1.29 is 0 Å². The van der Waals surface area contributed by atoms with Gasteiger partial charge in [0.2, 0.25) is 0 Å². The Labute approximate surface area is 109 Å². The van der Waals surface area contributed by atoms with Crippen molar-refractivity contribution in [3.8, 4) is 0 Å². The van der Waals surface area contributed by atoms with Crippen LogP contribution >= 0.6 is 11.3 Å². The van der Waals surface area contributed by atoms with Gasteiger partial charge in [-0.2, -0.15) is 0 Å². The van der Waals surface area contributed by atoms with E-state index >= 15 is 0 Å². The fourth-order valence-electron chi connectivity index (χ4n) is 2.92. The standard InChI is InChI=1S/C14H24N2S/c1-3-15-9-13-7-5-4-6-12(13)8-14-10-17-11(2)16-14/h10,12-13,15H,3-9H2,1-2H3. The van der Waals surface area contributed by atoms with E-state index in [0.29, 0.717) is 0 Å². The van der Waals surface area contributed by atoms with Gasteiger partial charge in [0.15, 0.2) is 0 Å². The lowest BCUT2D eigenvalue weighted by atomic mass is 9.77. The highest BCUT2D eigenvalue weighted by atomic mass is 32.1. The Balaban J connectivity index is 1.91. The predicted octanol–water partition coefficient (Wildman–Crippen LogP) is 3.41. The fourth-order valence-corrected chi connectivity index (χ4v) is 3.55. The van der Waals surface area contributed by atoms with Crippen LogP contribution in [0.4, 0.5) is 0 Å². The van der Waals surface area contributed by atoms with Gasteiger partial charge < -0.3 is 5.32 Å². The average Bonchev–Trinajstić information content (AvgIpc) is 2.74. The summed E-state index contributed by atoms with van der Waals surface area (Å²) in [5.74, 6) is 1.72. The van der Waals surface area contributed by atoms with Gasteiger partial charge in [-0.3, -0.25) is 0 Å². The molecule has 2 rings (SSSR count). The van der Waals surface area contributed by atoms with Gasteiger partial charge in [0.25, 0.3) is 0 Å². The molecule has 1 aliphatic rings. The van der Waals surface area contributed by atoms with E-state index in [0.717, 1.165) is 18.4 Å². The third-order valence-electron chi connectivity index (χ3n) is 3.86. The zero-order valence-corrected chi connectivity index (χ0v) is 11.9. The normalized spacial score (nSPS) is 25.1. The van der Waals surface area contributed by atoms with Crippen LogP contribution in [0.3, 0.4) is 0 Å². The largest absolute Gasteiger partial charge is 0.317 e. The molecule has 0 amide bonds. The van der Waals surface area contributed by atoms with E-state index in [1.54, 1.807) is 11.3 Å². The highest BCUT2D eigenvalue weighted by Gasteiger charge is 2.25. The Morgan fingerprint density at radius 2 is 2.12 bits per heavy atom. The summed E-state index contributed by atoms with van der Waals surface area (Å²) >= 11 is 1.79. The lowest BCUT2D eigenvalue weighted by Gasteiger charge is -2.31. The number of hydrogen-bond donors (Lipinski definition) is 1. The van der Waals surface area contributed by atoms with Crippen LogP contribution < -0.4 is 5.32 Å². The topological polar surface area (TPSA) is 24.9 Å². The summed E-state index contributed by atoms with van der Waals surface area (Å²) in [6, 6.07) is 0. The maximum absolute atomic E-state index is 4.62. The van der Waals surface area contributed by atoms with Crippen molar-refractivity contribution in [2.75, 3.05) is 13.1 Å². The van der Waals surface area contributed by atoms with Crippen LogP contribution in [-0.4, -0.2) is 18.1 Å². The molecule has 2 unspecified atom stereocenters. The van der Waals surface area contributed by atoms with Gasteiger partial charge in [0, 0.05) is 5.38 Å². The molecule has 0 bridgehead atoms. The molecule has 1 heterocycles. The maximum atomic E-state index is 4.62. The summed E-state index contributed by atoms with van der Waals surface area (Å²) in [6.07, 6.45) is 6.83. The van der Waals surface area contributed by atoms with Gasteiger partial charge in [-0.15, -0.1) is 11.3 Å². The van der Waals surface area contributed by atoms with Crippen LogP contribution in [-0.2, 0) is 6.42 Å². The van der Waals surface area contributed by atoms with Crippen LogP contribution in [0.15, 0.2) is 5.38 Å². The molecule has 2 nitrogen and oxygen atoms in total. The fraction of sp³-hybridized carbons (Fsp3) is 0.786. The molecule has 17 heavy (non-hydrogen) atoms. The summed E-state index contributed by atoms with van der Waals surface area (Å²) in [6.45, 7) is 6.59. The highest BCUT2D eigenvalue weighted by molar-refractivity contribution is 7.09. The minimum atomic E-state index is 0.851. The molecule has 96 valence electrons. The number of nitrogens with one attached hydrogen (secondary N) is 1. The lowest BCUT2D eigenvalue weighted by molar-refractivity contribution is 0.228. The number of aromatic nitrogens is 1. The Hall–Kier alpha value is -0.410. The lowest BCUT2D eigenvalue weighted by Crippen LogP contribution is -2.31. The Bertz CT molecular complexity index is 335. The van der Waals surface area contributed by atoms with E-state index in [1.165, 1.54) is 49.4 Å². The van der Waals surface area contributed by atoms with Crippen molar-refractivity contribution in [3.05, 3.63) is 16.1 Å². The van der Waals surface area contributed by atoms with Gasteiger partial charge in [-0.05, 0) is 51.1 Å². The molecule has 0 spiro atoms. The third kappa shape index (κ3) is 3.78. The van der Waals surface area contributed by atoms with Gasteiger partial charge in [0.1, 0.15) is 0 Å². The molecule has 1 aromatic heterocycles. The molecule has 0 aliphatic heterocycles. The summed E-state index contributed by atoms with van der Waals surface area (Å²) in [7, 11) is 0. The smallest absolute Gasteiger partial charge is 0.0897 e.